The number of hydrogen-bond donors (Lipinski definition) is 0. The minimum atomic E-state index is -0.113. The second-order valence-electron chi connectivity index (χ2n) is 7.46. The summed E-state index contributed by atoms with van der Waals surface area (Å²) < 4.78 is 18.4. The number of ether oxygens (including phenoxy) is 3. The summed E-state index contributed by atoms with van der Waals surface area (Å²) in [6, 6.07) is 13.3. The van der Waals surface area contributed by atoms with Gasteiger partial charge in [0.15, 0.2) is 16.6 Å². The van der Waals surface area contributed by atoms with Gasteiger partial charge >= 0.3 is 0 Å². The number of rotatable bonds is 9. The van der Waals surface area contributed by atoms with Crippen LogP contribution >= 0.6 is 11.3 Å². The highest BCUT2D eigenvalue weighted by Gasteiger charge is 2.27. The molecule has 0 saturated carbocycles. The average molecular weight is 441 g/mol. The van der Waals surface area contributed by atoms with Gasteiger partial charge in [0.05, 0.1) is 36.1 Å². The Balaban J connectivity index is 1.66. The molecule has 1 saturated heterocycles. The van der Waals surface area contributed by atoms with Crippen molar-refractivity contribution in [2.45, 2.75) is 39.2 Å². The van der Waals surface area contributed by atoms with Gasteiger partial charge < -0.3 is 14.2 Å². The van der Waals surface area contributed by atoms with Crippen molar-refractivity contribution >= 4 is 32.6 Å². The van der Waals surface area contributed by atoms with Crippen LogP contribution in [0.25, 0.3) is 10.2 Å². The smallest absolute Gasteiger partial charge is 0.260 e. The van der Waals surface area contributed by atoms with Crippen LogP contribution in [0.5, 0.6) is 11.5 Å². The van der Waals surface area contributed by atoms with Crippen LogP contribution in [0, 0.1) is 0 Å². The maximum atomic E-state index is 13.6. The summed E-state index contributed by atoms with van der Waals surface area (Å²) in [5, 5.41) is 0.686. The quantitative estimate of drug-likeness (QED) is 0.451. The van der Waals surface area contributed by atoms with Crippen LogP contribution in [0.1, 0.15) is 43.5 Å². The molecule has 1 atom stereocenters. The van der Waals surface area contributed by atoms with E-state index >= 15 is 0 Å². The molecule has 2 aromatic carbocycles. The highest BCUT2D eigenvalue weighted by molar-refractivity contribution is 7.22. The van der Waals surface area contributed by atoms with Gasteiger partial charge in [-0.05, 0) is 56.5 Å². The predicted molar refractivity (Wildman–Crippen MR) is 124 cm³/mol. The van der Waals surface area contributed by atoms with E-state index in [1.54, 1.807) is 17.0 Å². The number of aromatic nitrogens is 1. The van der Waals surface area contributed by atoms with E-state index in [0.717, 1.165) is 36.1 Å². The van der Waals surface area contributed by atoms with E-state index in [9.17, 15) is 4.79 Å². The molecule has 0 spiro atoms. The van der Waals surface area contributed by atoms with E-state index in [-0.39, 0.29) is 12.0 Å². The zero-order valence-corrected chi connectivity index (χ0v) is 18.8. The van der Waals surface area contributed by atoms with Gasteiger partial charge in [-0.1, -0.05) is 30.4 Å². The second kappa shape index (κ2) is 10.1. The molecule has 164 valence electrons. The maximum absolute atomic E-state index is 13.6. The Labute approximate surface area is 186 Å². The van der Waals surface area contributed by atoms with Crippen molar-refractivity contribution < 1.29 is 19.0 Å². The third-order valence-electron chi connectivity index (χ3n) is 5.12. The fraction of sp³-hybridized carbons (Fsp3) is 0.417. The molecular formula is C24H28N2O4S. The lowest BCUT2D eigenvalue weighted by Crippen LogP contribution is -2.37. The van der Waals surface area contributed by atoms with Gasteiger partial charge in [-0.15, -0.1) is 0 Å². The summed E-state index contributed by atoms with van der Waals surface area (Å²) >= 11 is 1.52. The summed E-state index contributed by atoms with van der Waals surface area (Å²) in [5.74, 6) is 1.13. The third-order valence-corrected chi connectivity index (χ3v) is 6.18. The molecule has 0 radical (unpaired) electrons. The molecule has 1 aromatic heterocycles. The molecular weight excluding hydrogens is 412 g/mol. The molecule has 1 aliphatic rings. The van der Waals surface area contributed by atoms with Crippen LogP contribution in [0.15, 0.2) is 42.5 Å². The fourth-order valence-corrected chi connectivity index (χ4v) is 4.59. The SMILES string of the molecule is CCCOc1ccc(C(=O)N(CC2CCCO2)c2nc3ccccc3s2)cc1OCC. The lowest BCUT2D eigenvalue weighted by molar-refractivity contribution is 0.0917. The summed E-state index contributed by atoms with van der Waals surface area (Å²) in [5.41, 5.74) is 1.44. The Hall–Kier alpha value is -2.64. The first-order valence-electron chi connectivity index (χ1n) is 10.9. The number of hydrogen-bond acceptors (Lipinski definition) is 6. The zero-order valence-electron chi connectivity index (χ0n) is 18.0. The van der Waals surface area contributed by atoms with Crippen molar-refractivity contribution in [3.63, 3.8) is 0 Å². The van der Waals surface area contributed by atoms with E-state index in [2.05, 4.69) is 6.92 Å². The van der Waals surface area contributed by atoms with Gasteiger partial charge in [-0.25, -0.2) is 4.98 Å². The van der Waals surface area contributed by atoms with Crippen LogP contribution < -0.4 is 14.4 Å². The van der Waals surface area contributed by atoms with Crippen molar-refractivity contribution in [1.29, 1.82) is 0 Å². The van der Waals surface area contributed by atoms with Crippen LogP contribution in [0.4, 0.5) is 5.13 Å². The number of benzene rings is 2. The fourth-order valence-electron chi connectivity index (χ4n) is 3.61. The number of carbonyl (C=O) groups excluding carboxylic acids is 1. The molecule has 0 bridgehead atoms. The monoisotopic (exact) mass is 440 g/mol. The van der Waals surface area contributed by atoms with Crippen LogP contribution in [-0.2, 0) is 4.74 Å². The molecule has 2 heterocycles. The first kappa shape index (κ1) is 21.6. The number of nitrogens with zero attached hydrogens (tertiary/aromatic N) is 2. The Bertz CT molecular complexity index is 996. The molecule has 1 aliphatic heterocycles. The first-order valence-corrected chi connectivity index (χ1v) is 11.7. The number of carbonyl (C=O) groups is 1. The minimum Gasteiger partial charge on any atom is -0.490 e. The van der Waals surface area contributed by atoms with Gasteiger partial charge in [0, 0.05) is 12.2 Å². The Morgan fingerprint density at radius 1 is 1.19 bits per heavy atom. The summed E-state index contributed by atoms with van der Waals surface area (Å²) in [4.78, 5) is 20.1. The van der Waals surface area contributed by atoms with Crippen molar-refractivity contribution in [2.24, 2.45) is 0 Å². The molecule has 7 heteroatoms. The average Bonchev–Trinajstić information content (AvgIpc) is 3.45. The molecule has 1 fully saturated rings. The van der Waals surface area contributed by atoms with Gasteiger partial charge in [-0.2, -0.15) is 0 Å². The highest BCUT2D eigenvalue weighted by atomic mass is 32.1. The van der Waals surface area contributed by atoms with Gasteiger partial charge in [0.25, 0.3) is 5.91 Å². The van der Waals surface area contributed by atoms with E-state index in [1.165, 1.54) is 11.3 Å². The maximum Gasteiger partial charge on any atom is 0.260 e. The largest absolute Gasteiger partial charge is 0.490 e. The zero-order chi connectivity index (χ0) is 21.6. The molecule has 0 N–H and O–H groups in total. The van der Waals surface area contributed by atoms with Crippen LogP contribution in [0.2, 0.25) is 0 Å². The Morgan fingerprint density at radius 2 is 2.06 bits per heavy atom. The van der Waals surface area contributed by atoms with E-state index < -0.39 is 0 Å². The molecule has 31 heavy (non-hydrogen) atoms. The molecule has 0 aliphatic carbocycles. The molecule has 3 aromatic rings. The van der Waals surface area contributed by atoms with Gasteiger partial charge in [0.1, 0.15) is 0 Å². The number of fused-ring (bicyclic) bond motifs is 1. The lowest BCUT2D eigenvalue weighted by Gasteiger charge is -2.23. The van der Waals surface area contributed by atoms with E-state index in [4.69, 9.17) is 19.2 Å². The van der Waals surface area contributed by atoms with Gasteiger partial charge in [-0.3, -0.25) is 9.69 Å². The summed E-state index contributed by atoms with van der Waals surface area (Å²) in [7, 11) is 0. The number of para-hydroxylation sites is 1. The van der Waals surface area contributed by atoms with Crippen molar-refractivity contribution in [3.8, 4) is 11.5 Å². The standard InChI is InChI=1S/C24H28N2O4S/c1-3-13-30-20-12-11-17(15-21(20)28-4-2)23(27)26(16-18-8-7-14-29-18)24-25-19-9-5-6-10-22(19)31-24/h5-6,9-12,15,18H,3-4,7-8,13-14,16H2,1-2H3. The van der Waals surface area contributed by atoms with Crippen LogP contribution in [-0.4, -0.2) is 43.4 Å². The van der Waals surface area contributed by atoms with Gasteiger partial charge in [0.2, 0.25) is 0 Å². The number of amides is 1. The molecule has 1 amide bonds. The summed E-state index contributed by atoms with van der Waals surface area (Å²) in [6.45, 7) is 6.30. The molecule has 1 unspecified atom stereocenters. The minimum absolute atomic E-state index is 0.0227. The lowest BCUT2D eigenvalue weighted by atomic mass is 10.1. The third kappa shape index (κ3) is 4.99. The molecule has 6 nitrogen and oxygen atoms in total. The second-order valence-corrected chi connectivity index (χ2v) is 8.47. The van der Waals surface area contributed by atoms with Crippen molar-refractivity contribution in [2.75, 3.05) is 31.3 Å². The van der Waals surface area contributed by atoms with Crippen LogP contribution in [0.3, 0.4) is 0 Å². The van der Waals surface area contributed by atoms with Crippen molar-refractivity contribution in [3.05, 3.63) is 48.0 Å². The topological polar surface area (TPSA) is 60.9 Å². The van der Waals surface area contributed by atoms with Crippen molar-refractivity contribution in [1.82, 2.24) is 4.98 Å². The van der Waals surface area contributed by atoms with E-state index in [0.29, 0.717) is 42.0 Å². The summed E-state index contributed by atoms with van der Waals surface area (Å²) in [6.07, 6.45) is 2.89. The highest BCUT2D eigenvalue weighted by Crippen LogP contribution is 2.33. The normalized spacial score (nSPS) is 15.9. The first-order chi connectivity index (χ1) is 15.2. The predicted octanol–water partition coefficient (Wildman–Crippen LogP) is 5.31. The molecule has 4 rings (SSSR count). The van der Waals surface area contributed by atoms with E-state index in [1.807, 2.05) is 37.3 Å². The Kier molecular flexibility index (Phi) is 7.04. The number of thiazole rings is 1. The number of anilines is 1. The Morgan fingerprint density at radius 3 is 2.81 bits per heavy atom.